The zero-order valence-electron chi connectivity index (χ0n) is 14.6. The largest absolute Gasteiger partial charge is 0.384 e. The van der Waals surface area contributed by atoms with Crippen LogP contribution in [0, 0.1) is 10.8 Å². The number of carbonyl (C=O) groups excluding carboxylic acids is 1. The fraction of sp³-hybridized carbons (Fsp3) is 0.550. The third-order valence-corrected chi connectivity index (χ3v) is 5.48. The van der Waals surface area contributed by atoms with Crippen LogP contribution in [0.25, 0.3) is 0 Å². The predicted molar refractivity (Wildman–Crippen MR) is 92.5 cm³/mol. The van der Waals surface area contributed by atoms with Crippen LogP contribution in [-0.4, -0.2) is 5.78 Å². The van der Waals surface area contributed by atoms with Crippen molar-refractivity contribution in [2.24, 2.45) is 10.8 Å². The van der Waals surface area contributed by atoms with E-state index in [1.54, 1.807) is 0 Å². The van der Waals surface area contributed by atoms with E-state index in [4.69, 9.17) is 0 Å². The van der Waals surface area contributed by atoms with E-state index in [9.17, 15) is 4.79 Å². The Bertz CT molecular complexity index is 558. The van der Waals surface area contributed by atoms with Gasteiger partial charge in [0.25, 0.3) is 0 Å². The number of allylic oxidation sites excluding steroid dienone is 1. The molecule has 0 aromatic heterocycles. The molecule has 1 fully saturated rings. The molecule has 2 atom stereocenters. The highest BCUT2D eigenvalue weighted by atomic mass is 16.1. The summed E-state index contributed by atoms with van der Waals surface area (Å²) in [5.41, 5.74) is 1.98. The van der Waals surface area contributed by atoms with E-state index in [0.717, 1.165) is 24.8 Å². The molecule has 2 nitrogen and oxygen atoms in total. The van der Waals surface area contributed by atoms with E-state index in [1.807, 2.05) is 24.4 Å². The molecule has 1 saturated carbocycles. The number of carbonyl (C=O) groups is 1. The zero-order valence-corrected chi connectivity index (χ0v) is 14.6. The first-order valence-electron chi connectivity index (χ1n) is 8.36. The predicted octanol–water partition coefficient (Wildman–Crippen LogP) is 5.03. The van der Waals surface area contributed by atoms with Crippen LogP contribution < -0.4 is 5.32 Å². The first-order chi connectivity index (χ1) is 10.3. The molecular weight excluding hydrogens is 270 g/mol. The number of nitrogens with one attached hydrogen (secondary N) is 1. The highest BCUT2D eigenvalue weighted by Crippen LogP contribution is 2.54. The van der Waals surface area contributed by atoms with Gasteiger partial charge >= 0.3 is 0 Å². The maximum atomic E-state index is 12.9. The number of hydrogen-bond acceptors (Lipinski definition) is 2. The maximum absolute atomic E-state index is 12.9. The van der Waals surface area contributed by atoms with Crippen LogP contribution in [0.15, 0.2) is 42.1 Å². The van der Waals surface area contributed by atoms with Gasteiger partial charge in [-0.05, 0) is 30.7 Å². The molecule has 2 rings (SSSR count). The summed E-state index contributed by atoms with van der Waals surface area (Å²) in [6, 6.07) is 10.5. The summed E-state index contributed by atoms with van der Waals surface area (Å²) >= 11 is 0. The normalized spacial score (nSPS) is 27.1. The Balaban J connectivity index is 2.15. The molecule has 2 unspecified atom stereocenters. The van der Waals surface area contributed by atoms with Crippen molar-refractivity contribution in [1.29, 1.82) is 0 Å². The van der Waals surface area contributed by atoms with Gasteiger partial charge in [0, 0.05) is 23.2 Å². The van der Waals surface area contributed by atoms with E-state index >= 15 is 0 Å². The molecule has 1 aromatic carbocycles. The van der Waals surface area contributed by atoms with Gasteiger partial charge in [-0.15, -0.1) is 0 Å². The molecule has 1 aliphatic rings. The lowest BCUT2D eigenvalue weighted by atomic mass is 9.66. The average molecular weight is 299 g/mol. The van der Waals surface area contributed by atoms with Crippen LogP contribution in [-0.2, 0) is 4.79 Å². The van der Waals surface area contributed by atoms with Crippen molar-refractivity contribution in [3.05, 3.63) is 47.7 Å². The Morgan fingerprint density at radius 2 is 1.86 bits per heavy atom. The SMILES string of the molecule is CCCC1(C)C(=O)/C(=C\NC(C)c2ccccc2)CC1(C)C. The molecule has 0 heterocycles. The fourth-order valence-electron chi connectivity index (χ4n) is 3.55. The minimum absolute atomic E-state index is 0.0313. The lowest BCUT2D eigenvalue weighted by molar-refractivity contribution is -0.126. The first-order valence-corrected chi connectivity index (χ1v) is 8.36. The van der Waals surface area contributed by atoms with Gasteiger partial charge in [0.2, 0.25) is 0 Å². The van der Waals surface area contributed by atoms with Gasteiger partial charge in [-0.3, -0.25) is 4.79 Å². The zero-order chi connectivity index (χ0) is 16.4. The summed E-state index contributed by atoms with van der Waals surface area (Å²) in [7, 11) is 0. The molecule has 1 aliphatic carbocycles. The smallest absolute Gasteiger partial charge is 0.166 e. The van der Waals surface area contributed by atoms with E-state index in [0.29, 0.717) is 5.78 Å². The monoisotopic (exact) mass is 299 g/mol. The number of benzene rings is 1. The molecule has 0 spiro atoms. The van der Waals surface area contributed by atoms with Gasteiger partial charge in [-0.25, -0.2) is 0 Å². The van der Waals surface area contributed by atoms with Gasteiger partial charge in [0.15, 0.2) is 5.78 Å². The Hall–Kier alpha value is -1.57. The molecule has 2 heteroatoms. The molecule has 0 bridgehead atoms. The van der Waals surface area contributed by atoms with Crippen molar-refractivity contribution < 1.29 is 4.79 Å². The number of Topliss-reactive ketones (excluding diaryl/α,β-unsaturated/α-hetero) is 1. The number of ketones is 1. The van der Waals surface area contributed by atoms with Gasteiger partial charge in [0.05, 0.1) is 0 Å². The van der Waals surface area contributed by atoms with Crippen molar-refractivity contribution in [3.63, 3.8) is 0 Å². The number of rotatable bonds is 5. The minimum Gasteiger partial charge on any atom is -0.384 e. The second-order valence-electron chi connectivity index (χ2n) is 7.44. The standard InChI is InChI=1S/C20H29NO/c1-6-12-20(5)18(22)17(13-19(20,3)4)14-21-15(2)16-10-8-7-9-11-16/h7-11,14-15,21H,6,12-13H2,1-5H3/b17-14-. The van der Waals surface area contributed by atoms with E-state index in [2.05, 4.69) is 52.1 Å². The van der Waals surface area contributed by atoms with E-state index in [1.165, 1.54) is 5.56 Å². The fourth-order valence-corrected chi connectivity index (χ4v) is 3.55. The van der Waals surface area contributed by atoms with Crippen LogP contribution in [0.1, 0.15) is 65.5 Å². The second kappa shape index (κ2) is 6.28. The summed E-state index contributed by atoms with van der Waals surface area (Å²) in [5, 5.41) is 3.41. The molecule has 1 aromatic rings. The van der Waals surface area contributed by atoms with E-state index in [-0.39, 0.29) is 16.9 Å². The van der Waals surface area contributed by atoms with Crippen molar-refractivity contribution in [2.75, 3.05) is 0 Å². The highest BCUT2D eigenvalue weighted by Gasteiger charge is 2.53. The quantitative estimate of drug-likeness (QED) is 0.773. The lowest BCUT2D eigenvalue weighted by Crippen LogP contribution is -2.35. The maximum Gasteiger partial charge on any atom is 0.166 e. The Morgan fingerprint density at radius 3 is 2.45 bits per heavy atom. The van der Waals surface area contributed by atoms with Gasteiger partial charge < -0.3 is 5.32 Å². The summed E-state index contributed by atoms with van der Waals surface area (Å²) < 4.78 is 0. The molecular formula is C20H29NO. The molecule has 0 aliphatic heterocycles. The van der Waals surface area contributed by atoms with Crippen molar-refractivity contribution in [1.82, 2.24) is 5.32 Å². The van der Waals surface area contributed by atoms with E-state index < -0.39 is 0 Å². The minimum atomic E-state index is -0.231. The van der Waals surface area contributed by atoms with Gasteiger partial charge in [0.1, 0.15) is 0 Å². The Labute approximate surface area is 135 Å². The van der Waals surface area contributed by atoms with Crippen LogP contribution in [0.3, 0.4) is 0 Å². The average Bonchev–Trinajstić information content (AvgIpc) is 2.66. The topological polar surface area (TPSA) is 29.1 Å². The molecule has 1 N–H and O–H groups in total. The third-order valence-electron chi connectivity index (χ3n) is 5.48. The highest BCUT2D eigenvalue weighted by molar-refractivity contribution is 6.02. The van der Waals surface area contributed by atoms with Crippen LogP contribution in [0.2, 0.25) is 0 Å². The summed E-state index contributed by atoms with van der Waals surface area (Å²) in [4.78, 5) is 12.9. The second-order valence-corrected chi connectivity index (χ2v) is 7.44. The van der Waals surface area contributed by atoms with Crippen molar-refractivity contribution in [2.45, 2.75) is 59.9 Å². The molecule has 0 amide bonds. The van der Waals surface area contributed by atoms with Crippen molar-refractivity contribution >= 4 is 5.78 Å². The van der Waals surface area contributed by atoms with Crippen LogP contribution in [0.4, 0.5) is 0 Å². The first kappa shape index (κ1) is 16.8. The summed E-state index contributed by atoms with van der Waals surface area (Å²) in [6.45, 7) is 10.9. The lowest BCUT2D eigenvalue weighted by Gasteiger charge is -2.36. The third kappa shape index (κ3) is 2.97. The van der Waals surface area contributed by atoms with Gasteiger partial charge in [-0.1, -0.05) is 64.4 Å². The molecule has 120 valence electrons. The Kier molecular flexibility index (Phi) is 4.79. The molecule has 22 heavy (non-hydrogen) atoms. The van der Waals surface area contributed by atoms with Crippen LogP contribution in [0.5, 0.6) is 0 Å². The summed E-state index contributed by atoms with van der Waals surface area (Å²) in [5.74, 6) is 0.326. The van der Waals surface area contributed by atoms with Crippen LogP contribution >= 0.6 is 0 Å². The molecule has 0 saturated heterocycles. The van der Waals surface area contributed by atoms with Gasteiger partial charge in [-0.2, -0.15) is 0 Å². The number of hydrogen-bond donors (Lipinski definition) is 1. The van der Waals surface area contributed by atoms with Crippen molar-refractivity contribution in [3.8, 4) is 0 Å². The summed E-state index contributed by atoms with van der Waals surface area (Å²) in [6.07, 6.45) is 4.83. The molecule has 0 radical (unpaired) electrons. The Morgan fingerprint density at radius 1 is 1.23 bits per heavy atom.